The number of hydrogen-bond acceptors (Lipinski definition) is 6. The number of imidazole rings is 1. The molecule has 1 aliphatic rings. The highest BCUT2D eigenvalue weighted by Crippen LogP contribution is 2.36. The average Bonchev–Trinajstić information content (AvgIpc) is 3.44. The summed E-state index contributed by atoms with van der Waals surface area (Å²) in [6.07, 6.45) is 5.54. The molecule has 3 aromatic rings. The zero-order valence-corrected chi connectivity index (χ0v) is 18.4. The average molecular weight is 500 g/mol. The van der Waals surface area contributed by atoms with Crippen molar-refractivity contribution in [2.45, 2.75) is 19.8 Å². The Labute approximate surface area is 185 Å². The molecule has 0 atom stereocenters. The Balaban J connectivity index is 1.67. The van der Waals surface area contributed by atoms with Crippen LogP contribution in [-0.2, 0) is 9.68 Å². The molecule has 10 heteroatoms. The lowest BCUT2D eigenvalue weighted by Crippen LogP contribution is -2.22. The summed E-state index contributed by atoms with van der Waals surface area (Å²) in [5, 5.41) is 3.86. The summed E-state index contributed by atoms with van der Waals surface area (Å²) >= 11 is 16.3. The Hall–Kier alpha value is -1.84. The first-order valence-corrected chi connectivity index (χ1v) is 10.4. The van der Waals surface area contributed by atoms with Crippen molar-refractivity contribution in [1.29, 1.82) is 0 Å². The van der Waals surface area contributed by atoms with E-state index in [-0.39, 0.29) is 10.6 Å². The third-order valence-electron chi connectivity index (χ3n) is 4.55. The van der Waals surface area contributed by atoms with Crippen LogP contribution in [0.5, 0.6) is 0 Å². The van der Waals surface area contributed by atoms with Gasteiger partial charge in [0.15, 0.2) is 5.65 Å². The van der Waals surface area contributed by atoms with E-state index in [2.05, 4.69) is 31.9 Å². The lowest BCUT2D eigenvalue weighted by atomic mass is 10.2. The van der Waals surface area contributed by atoms with Gasteiger partial charge in [0.2, 0.25) is 0 Å². The molecule has 2 aromatic heterocycles. The maximum Gasteiger partial charge on any atom is 0.362 e. The van der Waals surface area contributed by atoms with Crippen LogP contribution in [-0.4, -0.2) is 22.0 Å². The molecular formula is C19H17BrCl2N4O3. The van der Waals surface area contributed by atoms with Crippen molar-refractivity contribution >= 4 is 62.1 Å². The zero-order chi connectivity index (χ0) is 20.5. The van der Waals surface area contributed by atoms with Gasteiger partial charge in [-0.3, -0.25) is 4.84 Å². The van der Waals surface area contributed by atoms with Crippen LogP contribution in [0.1, 0.15) is 28.9 Å². The molecule has 0 unspecified atom stereocenters. The second-order valence-corrected chi connectivity index (χ2v) is 8.50. The van der Waals surface area contributed by atoms with Crippen LogP contribution in [0.25, 0.3) is 5.65 Å². The van der Waals surface area contributed by atoms with Gasteiger partial charge in [0.05, 0.1) is 23.0 Å². The largest absolute Gasteiger partial charge is 0.362 e. The van der Waals surface area contributed by atoms with E-state index in [1.54, 1.807) is 28.9 Å². The lowest BCUT2D eigenvalue weighted by molar-refractivity contribution is -0.137. The first-order chi connectivity index (χ1) is 13.9. The molecule has 0 spiro atoms. The van der Waals surface area contributed by atoms with Crippen LogP contribution < -0.4 is 11.0 Å². The third-order valence-corrected chi connectivity index (χ3v) is 5.71. The first kappa shape index (κ1) is 20.4. The Morgan fingerprint density at radius 3 is 2.90 bits per heavy atom. The summed E-state index contributed by atoms with van der Waals surface area (Å²) in [6, 6.07) is 5.34. The molecule has 1 aromatic carbocycles. The normalized spacial score (nSPS) is 13.7. The molecule has 1 fully saturated rings. The number of benzene rings is 1. The van der Waals surface area contributed by atoms with Gasteiger partial charge < -0.3 is 14.6 Å². The van der Waals surface area contributed by atoms with Crippen molar-refractivity contribution in [2.24, 2.45) is 5.92 Å². The van der Waals surface area contributed by atoms with Crippen molar-refractivity contribution < 1.29 is 14.5 Å². The number of anilines is 2. The summed E-state index contributed by atoms with van der Waals surface area (Å²) in [7, 11) is 0. The molecule has 1 saturated carbocycles. The van der Waals surface area contributed by atoms with E-state index >= 15 is 0 Å². The topological polar surface area (TPSA) is 76.9 Å². The fourth-order valence-electron chi connectivity index (χ4n) is 2.76. The lowest BCUT2D eigenvalue weighted by Gasteiger charge is -2.16. The Kier molecular flexibility index (Phi) is 5.98. The number of rotatable bonds is 7. The van der Waals surface area contributed by atoms with Gasteiger partial charge in [0.25, 0.3) is 0 Å². The van der Waals surface area contributed by atoms with Crippen LogP contribution in [0.2, 0.25) is 10.0 Å². The van der Waals surface area contributed by atoms with E-state index in [1.807, 2.05) is 13.0 Å². The minimum atomic E-state index is -0.659. The number of carbonyl (C=O) groups is 1. The molecule has 2 heterocycles. The monoisotopic (exact) mass is 498 g/mol. The zero-order valence-electron chi connectivity index (χ0n) is 15.3. The van der Waals surface area contributed by atoms with Gasteiger partial charge in [0, 0.05) is 22.6 Å². The highest BCUT2D eigenvalue weighted by molar-refractivity contribution is 9.10. The number of nitrogens with one attached hydrogen (secondary N) is 2. The maximum absolute atomic E-state index is 12.7. The van der Waals surface area contributed by atoms with Crippen molar-refractivity contribution in [3.05, 3.63) is 56.4 Å². The minimum absolute atomic E-state index is 0.199. The molecule has 152 valence electrons. The number of aryl methyl sites for hydroxylation is 1. The SMILES string of the molecule is Cc1cnc2c(Cl)c(Nc3ccc(Br)cc3Cl)c(C(=O)ONOCC3CC3)cn12. The maximum atomic E-state index is 12.7. The van der Waals surface area contributed by atoms with Gasteiger partial charge in [-0.15, -0.1) is 0 Å². The molecule has 29 heavy (non-hydrogen) atoms. The Morgan fingerprint density at radius 1 is 1.38 bits per heavy atom. The predicted octanol–water partition coefficient (Wildman–Crippen LogP) is 5.46. The summed E-state index contributed by atoms with van der Waals surface area (Å²) in [6.45, 7) is 2.36. The molecule has 0 saturated heterocycles. The predicted molar refractivity (Wildman–Crippen MR) is 115 cm³/mol. The van der Waals surface area contributed by atoms with Crippen molar-refractivity contribution in [3.8, 4) is 0 Å². The molecule has 4 rings (SSSR count). The summed E-state index contributed by atoms with van der Waals surface area (Å²) < 4.78 is 2.55. The number of halogens is 3. The highest BCUT2D eigenvalue weighted by atomic mass is 79.9. The molecule has 0 radical (unpaired) electrons. The Bertz CT molecular complexity index is 1080. The van der Waals surface area contributed by atoms with Crippen LogP contribution in [0.3, 0.4) is 0 Å². The van der Waals surface area contributed by atoms with Gasteiger partial charge in [-0.05, 0) is 49.5 Å². The van der Waals surface area contributed by atoms with Crippen LogP contribution >= 0.6 is 39.1 Å². The van der Waals surface area contributed by atoms with E-state index in [0.29, 0.717) is 34.6 Å². The van der Waals surface area contributed by atoms with E-state index in [4.69, 9.17) is 32.9 Å². The molecule has 0 aliphatic heterocycles. The van der Waals surface area contributed by atoms with Gasteiger partial charge in [-0.1, -0.05) is 39.1 Å². The smallest absolute Gasteiger partial charge is 0.352 e. The number of aromatic nitrogens is 2. The van der Waals surface area contributed by atoms with E-state index in [0.717, 1.165) is 23.0 Å². The fraction of sp³-hybridized carbons (Fsp3) is 0.263. The fourth-order valence-corrected chi connectivity index (χ4v) is 3.77. The minimum Gasteiger partial charge on any atom is -0.352 e. The first-order valence-electron chi connectivity index (χ1n) is 8.90. The molecular weight excluding hydrogens is 483 g/mol. The summed E-state index contributed by atoms with van der Waals surface area (Å²) in [5.41, 5.74) is 4.71. The van der Waals surface area contributed by atoms with Crippen molar-refractivity contribution in [3.63, 3.8) is 0 Å². The standard InChI is InChI=1S/C19H17BrCl2N4O3/c1-10-7-23-18-16(22)17(24-15-5-4-12(20)6-14(15)21)13(8-26(10)18)19(27)29-25-28-9-11-2-3-11/h4-8,11,24-25H,2-3,9H2,1H3. The van der Waals surface area contributed by atoms with E-state index < -0.39 is 5.97 Å². The second-order valence-electron chi connectivity index (χ2n) is 6.80. The second kappa shape index (κ2) is 8.49. The number of carbonyl (C=O) groups excluding carboxylic acids is 1. The third kappa shape index (κ3) is 4.51. The van der Waals surface area contributed by atoms with E-state index in [9.17, 15) is 4.79 Å². The van der Waals surface area contributed by atoms with E-state index in [1.165, 1.54) is 0 Å². The van der Waals surface area contributed by atoms with Gasteiger partial charge in [-0.25, -0.2) is 9.78 Å². The van der Waals surface area contributed by atoms with Crippen LogP contribution in [0.4, 0.5) is 11.4 Å². The molecule has 0 amide bonds. The number of pyridine rings is 1. The molecule has 0 bridgehead atoms. The number of hydrogen-bond donors (Lipinski definition) is 2. The Morgan fingerprint density at radius 2 is 2.17 bits per heavy atom. The van der Waals surface area contributed by atoms with Crippen molar-refractivity contribution in [2.75, 3.05) is 11.9 Å². The molecule has 1 aliphatic carbocycles. The molecule has 7 nitrogen and oxygen atoms in total. The highest BCUT2D eigenvalue weighted by Gasteiger charge is 2.24. The summed E-state index contributed by atoms with van der Waals surface area (Å²) in [5.74, 6) is -0.134. The van der Waals surface area contributed by atoms with Crippen LogP contribution in [0.15, 0.2) is 35.1 Å². The quantitative estimate of drug-likeness (QED) is 0.332. The van der Waals surface area contributed by atoms with Gasteiger partial charge in [0.1, 0.15) is 10.6 Å². The van der Waals surface area contributed by atoms with Crippen molar-refractivity contribution in [1.82, 2.24) is 15.0 Å². The molecule has 2 N–H and O–H groups in total. The van der Waals surface area contributed by atoms with Gasteiger partial charge >= 0.3 is 5.97 Å². The summed E-state index contributed by atoms with van der Waals surface area (Å²) in [4.78, 5) is 27.3. The van der Waals surface area contributed by atoms with Crippen LogP contribution in [0, 0.1) is 12.8 Å². The number of nitrogens with zero attached hydrogens (tertiary/aromatic N) is 2. The number of fused-ring (bicyclic) bond motifs is 1. The van der Waals surface area contributed by atoms with Gasteiger partial charge in [-0.2, -0.15) is 0 Å².